The number of H-pyrrole nitrogens is 1. The molecule has 2 aromatic rings. The van der Waals surface area contributed by atoms with Crippen LogP contribution in [0.15, 0.2) is 41.4 Å². The van der Waals surface area contributed by atoms with Gasteiger partial charge in [0.25, 0.3) is 0 Å². The van der Waals surface area contributed by atoms with Gasteiger partial charge in [-0.2, -0.15) is 5.10 Å². The highest BCUT2D eigenvalue weighted by molar-refractivity contribution is 7.99. The summed E-state index contributed by atoms with van der Waals surface area (Å²) in [6.45, 7) is 2.21. The molecule has 0 unspecified atom stereocenters. The van der Waals surface area contributed by atoms with Gasteiger partial charge in [-0.3, -0.25) is 9.89 Å². The number of rotatable bonds is 5. The molecule has 1 N–H and O–H groups in total. The SMILES string of the molecule is CCOC(=O)CSc1cc(-c2ccccc2)[nH]n1. The first-order valence-corrected chi connectivity index (χ1v) is 6.67. The van der Waals surface area contributed by atoms with E-state index in [1.54, 1.807) is 6.92 Å². The Bertz CT molecular complexity index is 511. The summed E-state index contributed by atoms with van der Waals surface area (Å²) in [5.74, 6) is 0.0687. The Kier molecular flexibility index (Phi) is 4.41. The number of hydrogen-bond donors (Lipinski definition) is 1. The van der Waals surface area contributed by atoms with Crippen LogP contribution in [0.25, 0.3) is 11.3 Å². The lowest BCUT2D eigenvalue weighted by Crippen LogP contribution is -2.06. The molecule has 94 valence electrons. The lowest BCUT2D eigenvalue weighted by molar-refractivity contribution is -0.139. The standard InChI is InChI=1S/C13H14N2O2S/c1-2-17-13(16)9-18-12-8-11(14-15-12)10-6-4-3-5-7-10/h3-8H,2,9H2,1H3,(H,14,15). The Hall–Kier alpha value is -1.75. The Morgan fingerprint density at radius 2 is 2.17 bits per heavy atom. The van der Waals surface area contributed by atoms with Crippen molar-refractivity contribution in [3.05, 3.63) is 36.4 Å². The quantitative estimate of drug-likeness (QED) is 0.665. The first kappa shape index (κ1) is 12.7. The van der Waals surface area contributed by atoms with Crippen LogP contribution in [0, 0.1) is 0 Å². The van der Waals surface area contributed by atoms with E-state index in [2.05, 4.69) is 10.2 Å². The number of carbonyl (C=O) groups is 1. The summed E-state index contributed by atoms with van der Waals surface area (Å²) in [5, 5.41) is 7.90. The van der Waals surface area contributed by atoms with Crippen molar-refractivity contribution in [2.75, 3.05) is 12.4 Å². The van der Waals surface area contributed by atoms with Crippen LogP contribution in [0.2, 0.25) is 0 Å². The van der Waals surface area contributed by atoms with E-state index in [-0.39, 0.29) is 11.7 Å². The number of thioether (sulfide) groups is 1. The molecule has 0 saturated heterocycles. The minimum absolute atomic E-state index is 0.216. The molecule has 0 aliphatic heterocycles. The first-order chi connectivity index (χ1) is 8.79. The van der Waals surface area contributed by atoms with Crippen LogP contribution in [0.3, 0.4) is 0 Å². The number of benzene rings is 1. The van der Waals surface area contributed by atoms with Crippen molar-refractivity contribution in [2.24, 2.45) is 0 Å². The Labute approximate surface area is 110 Å². The number of aromatic amines is 1. The Balaban J connectivity index is 1.97. The largest absolute Gasteiger partial charge is 0.465 e. The van der Waals surface area contributed by atoms with Gasteiger partial charge in [0.1, 0.15) is 5.03 Å². The highest BCUT2D eigenvalue weighted by atomic mass is 32.2. The number of esters is 1. The summed E-state index contributed by atoms with van der Waals surface area (Å²) in [5.41, 5.74) is 2.02. The fourth-order valence-corrected chi connectivity index (χ4v) is 2.14. The molecule has 18 heavy (non-hydrogen) atoms. The molecule has 0 atom stereocenters. The number of nitrogens with one attached hydrogen (secondary N) is 1. The maximum Gasteiger partial charge on any atom is 0.316 e. The zero-order valence-corrected chi connectivity index (χ0v) is 10.9. The second kappa shape index (κ2) is 6.26. The summed E-state index contributed by atoms with van der Waals surface area (Å²) < 4.78 is 4.86. The molecule has 5 heteroatoms. The lowest BCUT2D eigenvalue weighted by atomic mass is 10.2. The molecule has 0 amide bonds. The molecular weight excluding hydrogens is 248 g/mol. The van der Waals surface area contributed by atoms with Crippen molar-refractivity contribution in [1.29, 1.82) is 0 Å². The molecule has 4 nitrogen and oxygen atoms in total. The predicted octanol–water partition coefficient (Wildman–Crippen LogP) is 2.73. The number of aromatic nitrogens is 2. The highest BCUT2D eigenvalue weighted by Gasteiger charge is 2.07. The Morgan fingerprint density at radius 1 is 1.39 bits per heavy atom. The van der Waals surface area contributed by atoms with E-state index in [1.165, 1.54) is 11.8 Å². The van der Waals surface area contributed by atoms with E-state index in [1.807, 2.05) is 36.4 Å². The smallest absolute Gasteiger partial charge is 0.316 e. The highest BCUT2D eigenvalue weighted by Crippen LogP contribution is 2.22. The van der Waals surface area contributed by atoms with Crippen LogP contribution in [0.5, 0.6) is 0 Å². The molecule has 1 heterocycles. The van der Waals surface area contributed by atoms with E-state index in [0.717, 1.165) is 16.3 Å². The second-order valence-electron chi connectivity index (χ2n) is 3.58. The molecule has 0 fully saturated rings. The summed E-state index contributed by atoms with van der Waals surface area (Å²) in [6.07, 6.45) is 0. The lowest BCUT2D eigenvalue weighted by Gasteiger charge is -1.98. The third-order valence-electron chi connectivity index (χ3n) is 2.28. The number of nitrogens with zero attached hydrogens (tertiary/aromatic N) is 1. The van der Waals surface area contributed by atoms with Crippen LogP contribution < -0.4 is 0 Å². The van der Waals surface area contributed by atoms with E-state index in [9.17, 15) is 4.79 Å². The molecule has 0 spiro atoms. The average molecular weight is 262 g/mol. The van der Waals surface area contributed by atoms with E-state index in [0.29, 0.717) is 6.61 Å². The van der Waals surface area contributed by atoms with E-state index < -0.39 is 0 Å². The van der Waals surface area contributed by atoms with Crippen LogP contribution in [0.1, 0.15) is 6.92 Å². The third kappa shape index (κ3) is 3.37. The number of carbonyl (C=O) groups excluding carboxylic acids is 1. The summed E-state index contributed by atoms with van der Waals surface area (Å²) in [7, 11) is 0. The molecule has 2 rings (SSSR count). The van der Waals surface area contributed by atoms with Crippen molar-refractivity contribution >= 4 is 17.7 Å². The van der Waals surface area contributed by atoms with Crippen LogP contribution >= 0.6 is 11.8 Å². The van der Waals surface area contributed by atoms with Gasteiger partial charge in [0.05, 0.1) is 18.1 Å². The number of ether oxygens (including phenoxy) is 1. The molecule has 0 aliphatic rings. The maximum atomic E-state index is 11.2. The zero-order valence-electron chi connectivity index (χ0n) is 10.1. The summed E-state index contributed by atoms with van der Waals surface area (Å²) >= 11 is 1.37. The average Bonchev–Trinajstić information content (AvgIpc) is 2.87. The van der Waals surface area contributed by atoms with Gasteiger partial charge < -0.3 is 4.74 Å². The molecule has 0 bridgehead atoms. The topological polar surface area (TPSA) is 55.0 Å². The second-order valence-corrected chi connectivity index (χ2v) is 4.58. The number of hydrogen-bond acceptors (Lipinski definition) is 4. The Morgan fingerprint density at radius 3 is 2.89 bits per heavy atom. The molecule has 0 aliphatic carbocycles. The van der Waals surface area contributed by atoms with Gasteiger partial charge in [-0.15, -0.1) is 0 Å². The molecule has 1 aromatic carbocycles. The minimum Gasteiger partial charge on any atom is -0.465 e. The third-order valence-corrected chi connectivity index (χ3v) is 3.17. The van der Waals surface area contributed by atoms with Gasteiger partial charge in [0, 0.05) is 0 Å². The first-order valence-electron chi connectivity index (χ1n) is 5.69. The van der Waals surface area contributed by atoms with Gasteiger partial charge in [-0.05, 0) is 18.6 Å². The predicted molar refractivity (Wildman–Crippen MR) is 71.4 cm³/mol. The fourth-order valence-electron chi connectivity index (χ4n) is 1.48. The zero-order chi connectivity index (χ0) is 12.8. The van der Waals surface area contributed by atoms with Gasteiger partial charge in [0.15, 0.2) is 0 Å². The van der Waals surface area contributed by atoms with E-state index in [4.69, 9.17) is 4.74 Å². The van der Waals surface area contributed by atoms with Gasteiger partial charge in [-0.1, -0.05) is 42.1 Å². The molecule has 1 aromatic heterocycles. The van der Waals surface area contributed by atoms with E-state index >= 15 is 0 Å². The molecular formula is C13H14N2O2S. The molecule has 0 radical (unpaired) electrons. The monoisotopic (exact) mass is 262 g/mol. The van der Waals surface area contributed by atoms with Crippen molar-refractivity contribution in [3.63, 3.8) is 0 Å². The van der Waals surface area contributed by atoms with Crippen molar-refractivity contribution in [2.45, 2.75) is 11.9 Å². The van der Waals surface area contributed by atoms with Gasteiger partial charge in [-0.25, -0.2) is 0 Å². The maximum absolute atomic E-state index is 11.2. The fraction of sp³-hybridized carbons (Fsp3) is 0.231. The van der Waals surface area contributed by atoms with Crippen LogP contribution in [0.4, 0.5) is 0 Å². The summed E-state index contributed by atoms with van der Waals surface area (Å²) in [4.78, 5) is 11.2. The summed E-state index contributed by atoms with van der Waals surface area (Å²) in [6, 6.07) is 11.9. The van der Waals surface area contributed by atoms with Crippen LogP contribution in [-0.2, 0) is 9.53 Å². The van der Waals surface area contributed by atoms with Crippen molar-refractivity contribution in [1.82, 2.24) is 10.2 Å². The van der Waals surface area contributed by atoms with Gasteiger partial charge in [0.2, 0.25) is 0 Å². The van der Waals surface area contributed by atoms with Crippen LogP contribution in [-0.4, -0.2) is 28.5 Å². The van der Waals surface area contributed by atoms with Gasteiger partial charge >= 0.3 is 5.97 Å². The van der Waals surface area contributed by atoms with Crippen molar-refractivity contribution in [3.8, 4) is 11.3 Å². The minimum atomic E-state index is -0.216. The normalized spacial score (nSPS) is 10.3. The molecule has 0 saturated carbocycles. The van der Waals surface area contributed by atoms with Crippen molar-refractivity contribution < 1.29 is 9.53 Å².